The van der Waals surface area contributed by atoms with Gasteiger partial charge < -0.3 is 28.7 Å². The summed E-state index contributed by atoms with van der Waals surface area (Å²) in [5.41, 5.74) is 2.64. The standard InChI is InChI=1S/C18H21N2O3.HI/c1-4-23-18(22)14(2)11-16-5-7-17(8-6-16)12-19-9-10-20(13-19)15(3)21;/h5-11,13H,4,12H2,1-3H3;1H/q+1;/p-1/b14-11+;. The largest absolute Gasteiger partial charge is 1.00 e. The van der Waals surface area contributed by atoms with Crippen LogP contribution in [0.1, 0.15) is 36.7 Å². The van der Waals surface area contributed by atoms with Crippen molar-refractivity contribution >= 4 is 18.0 Å². The molecule has 0 saturated heterocycles. The highest BCUT2D eigenvalue weighted by Crippen LogP contribution is 2.10. The van der Waals surface area contributed by atoms with Crippen LogP contribution in [0.3, 0.4) is 0 Å². The van der Waals surface area contributed by atoms with Gasteiger partial charge in [-0.1, -0.05) is 24.3 Å². The first-order valence-corrected chi connectivity index (χ1v) is 7.52. The molecular formula is C18H21IN2O3. The number of ether oxygens (including phenoxy) is 1. The van der Waals surface area contributed by atoms with Crippen molar-refractivity contribution < 1.29 is 42.9 Å². The number of imidazole rings is 1. The van der Waals surface area contributed by atoms with E-state index in [-0.39, 0.29) is 35.9 Å². The van der Waals surface area contributed by atoms with Crippen LogP contribution in [-0.4, -0.2) is 23.1 Å². The molecule has 0 spiro atoms. The summed E-state index contributed by atoms with van der Waals surface area (Å²) in [6.07, 6.45) is 7.17. The summed E-state index contributed by atoms with van der Waals surface area (Å²) in [6.45, 7) is 6.11. The van der Waals surface area contributed by atoms with Crippen molar-refractivity contribution in [3.8, 4) is 0 Å². The molecule has 0 N–H and O–H groups in total. The zero-order chi connectivity index (χ0) is 16.8. The van der Waals surface area contributed by atoms with E-state index in [1.807, 2.05) is 35.0 Å². The number of nitrogens with zero attached hydrogens (tertiary/aromatic N) is 2. The molecule has 1 heterocycles. The molecule has 1 aromatic carbocycles. The van der Waals surface area contributed by atoms with Crippen LogP contribution < -0.4 is 28.5 Å². The minimum Gasteiger partial charge on any atom is -1.00 e. The Labute approximate surface area is 159 Å². The fraction of sp³-hybridized carbons (Fsp3) is 0.278. The average Bonchev–Trinajstić information content (AvgIpc) is 2.98. The van der Waals surface area contributed by atoms with Gasteiger partial charge in [0, 0.05) is 12.5 Å². The molecule has 1 aromatic heterocycles. The van der Waals surface area contributed by atoms with Crippen LogP contribution in [0.2, 0.25) is 0 Å². The predicted molar refractivity (Wildman–Crippen MR) is 86.8 cm³/mol. The molecule has 0 aliphatic rings. The van der Waals surface area contributed by atoms with Gasteiger partial charge in [0.25, 0.3) is 6.33 Å². The zero-order valence-corrected chi connectivity index (χ0v) is 16.2. The van der Waals surface area contributed by atoms with Gasteiger partial charge in [0.2, 0.25) is 0 Å². The van der Waals surface area contributed by atoms with Crippen molar-refractivity contribution in [2.24, 2.45) is 0 Å². The predicted octanol–water partition coefficient (Wildman–Crippen LogP) is -0.546. The van der Waals surface area contributed by atoms with Gasteiger partial charge in [-0.05, 0) is 31.1 Å². The molecule has 0 saturated carbocycles. The van der Waals surface area contributed by atoms with Crippen LogP contribution in [0.25, 0.3) is 6.08 Å². The molecule has 5 nitrogen and oxygen atoms in total. The molecule has 6 heteroatoms. The first kappa shape index (κ1) is 20.1. The Hall–Kier alpha value is -1.96. The van der Waals surface area contributed by atoms with E-state index in [0.29, 0.717) is 18.7 Å². The van der Waals surface area contributed by atoms with Gasteiger partial charge in [-0.2, -0.15) is 4.57 Å². The second-order valence-electron chi connectivity index (χ2n) is 5.30. The Kier molecular flexibility index (Phi) is 7.84. The van der Waals surface area contributed by atoms with Crippen LogP contribution in [0.5, 0.6) is 0 Å². The average molecular weight is 440 g/mol. The number of esters is 1. The number of rotatable bonds is 5. The number of halogens is 1. The smallest absolute Gasteiger partial charge is 0.333 e. The van der Waals surface area contributed by atoms with Crippen LogP contribution in [0.15, 0.2) is 48.6 Å². The second-order valence-corrected chi connectivity index (χ2v) is 5.30. The number of carbonyl (C=O) groups is 2. The Morgan fingerprint density at radius 1 is 1.21 bits per heavy atom. The van der Waals surface area contributed by atoms with Crippen LogP contribution in [0.4, 0.5) is 0 Å². The Balaban J connectivity index is 0.00000288. The molecule has 2 rings (SSSR count). The van der Waals surface area contributed by atoms with Crippen molar-refractivity contribution in [3.05, 3.63) is 59.7 Å². The van der Waals surface area contributed by atoms with Gasteiger partial charge in [-0.15, -0.1) is 0 Å². The third-order valence-corrected chi connectivity index (χ3v) is 3.38. The van der Waals surface area contributed by atoms with E-state index in [1.54, 1.807) is 37.0 Å². The SMILES string of the molecule is CCOC(=O)/C(C)=C/c1ccc(C[n+]2ccn(C(C)=O)c2)cc1.[I-]. The maximum atomic E-state index is 11.6. The lowest BCUT2D eigenvalue weighted by molar-refractivity contribution is -0.687. The molecule has 0 radical (unpaired) electrons. The van der Waals surface area contributed by atoms with Gasteiger partial charge >= 0.3 is 11.9 Å². The van der Waals surface area contributed by atoms with Gasteiger partial charge in [0.1, 0.15) is 18.9 Å². The molecule has 0 fully saturated rings. The number of hydrogen-bond donors (Lipinski definition) is 0. The molecular weight excluding hydrogens is 419 g/mol. The summed E-state index contributed by atoms with van der Waals surface area (Å²) in [6, 6.07) is 7.92. The van der Waals surface area contributed by atoms with Gasteiger partial charge in [-0.25, -0.2) is 14.2 Å². The van der Waals surface area contributed by atoms with Gasteiger partial charge in [-0.3, -0.25) is 0 Å². The second kappa shape index (κ2) is 9.36. The van der Waals surface area contributed by atoms with Crippen LogP contribution in [0, 0.1) is 0 Å². The summed E-state index contributed by atoms with van der Waals surface area (Å²) in [5.74, 6) is -0.309. The highest BCUT2D eigenvalue weighted by molar-refractivity contribution is 5.92. The maximum absolute atomic E-state index is 11.6. The van der Waals surface area contributed by atoms with E-state index in [2.05, 4.69) is 0 Å². The molecule has 2 aromatic rings. The van der Waals surface area contributed by atoms with E-state index in [4.69, 9.17) is 4.74 Å². The molecule has 24 heavy (non-hydrogen) atoms. The van der Waals surface area contributed by atoms with E-state index in [0.717, 1.165) is 11.1 Å². The zero-order valence-electron chi connectivity index (χ0n) is 14.0. The summed E-state index contributed by atoms with van der Waals surface area (Å²) < 4.78 is 8.44. The summed E-state index contributed by atoms with van der Waals surface area (Å²) in [5, 5.41) is 0. The monoisotopic (exact) mass is 440 g/mol. The lowest BCUT2D eigenvalue weighted by atomic mass is 10.1. The Morgan fingerprint density at radius 2 is 1.88 bits per heavy atom. The van der Waals surface area contributed by atoms with Crippen molar-refractivity contribution in [1.82, 2.24) is 4.57 Å². The number of hydrogen-bond acceptors (Lipinski definition) is 3. The topological polar surface area (TPSA) is 52.2 Å². The Bertz CT molecular complexity index is 733. The minimum atomic E-state index is -0.294. The van der Waals surface area contributed by atoms with Crippen LogP contribution in [-0.2, 0) is 16.1 Å². The fourth-order valence-electron chi connectivity index (χ4n) is 2.16. The normalized spacial score (nSPS) is 10.9. The molecule has 128 valence electrons. The molecule has 0 aliphatic heterocycles. The minimum absolute atomic E-state index is 0. The summed E-state index contributed by atoms with van der Waals surface area (Å²) in [7, 11) is 0. The van der Waals surface area contributed by atoms with Crippen molar-refractivity contribution in [3.63, 3.8) is 0 Å². The van der Waals surface area contributed by atoms with E-state index >= 15 is 0 Å². The van der Waals surface area contributed by atoms with E-state index in [1.165, 1.54) is 6.92 Å². The highest BCUT2D eigenvalue weighted by atomic mass is 127. The van der Waals surface area contributed by atoms with E-state index < -0.39 is 0 Å². The highest BCUT2D eigenvalue weighted by Gasteiger charge is 2.08. The number of carbonyl (C=O) groups excluding carboxylic acids is 2. The van der Waals surface area contributed by atoms with Gasteiger partial charge in [0.05, 0.1) is 6.61 Å². The fourth-order valence-corrected chi connectivity index (χ4v) is 2.16. The summed E-state index contributed by atoms with van der Waals surface area (Å²) in [4.78, 5) is 22.9. The maximum Gasteiger partial charge on any atom is 0.333 e. The van der Waals surface area contributed by atoms with Gasteiger partial charge in [0.15, 0.2) is 0 Å². The van der Waals surface area contributed by atoms with Crippen molar-refractivity contribution in [2.45, 2.75) is 27.3 Å². The first-order valence-electron chi connectivity index (χ1n) is 7.52. The van der Waals surface area contributed by atoms with E-state index in [9.17, 15) is 9.59 Å². The quantitative estimate of drug-likeness (QED) is 0.272. The molecule has 0 bridgehead atoms. The lowest BCUT2D eigenvalue weighted by Gasteiger charge is -2.03. The van der Waals surface area contributed by atoms with Crippen molar-refractivity contribution in [2.75, 3.05) is 6.61 Å². The number of benzene rings is 1. The molecule has 0 aliphatic carbocycles. The third kappa shape index (κ3) is 5.59. The van der Waals surface area contributed by atoms with Crippen LogP contribution >= 0.6 is 0 Å². The first-order chi connectivity index (χ1) is 11.0. The third-order valence-electron chi connectivity index (χ3n) is 3.38. The lowest BCUT2D eigenvalue weighted by Crippen LogP contribution is -3.00. The molecule has 0 amide bonds. The summed E-state index contributed by atoms with van der Waals surface area (Å²) >= 11 is 0. The Morgan fingerprint density at radius 3 is 2.42 bits per heavy atom. The molecule has 0 atom stereocenters. The van der Waals surface area contributed by atoms with Crippen molar-refractivity contribution in [1.29, 1.82) is 0 Å². The number of aromatic nitrogens is 2. The molecule has 0 unspecified atom stereocenters.